The van der Waals surface area contributed by atoms with Crippen LogP contribution in [0.2, 0.25) is 0 Å². The van der Waals surface area contributed by atoms with Gasteiger partial charge in [0, 0.05) is 13.0 Å². The molecule has 144 valence electrons. The summed E-state index contributed by atoms with van der Waals surface area (Å²) >= 11 is 0. The highest BCUT2D eigenvalue weighted by molar-refractivity contribution is 5.95. The van der Waals surface area contributed by atoms with Crippen LogP contribution in [-0.2, 0) is 15.8 Å². The van der Waals surface area contributed by atoms with Gasteiger partial charge in [-0.1, -0.05) is 12.1 Å². The van der Waals surface area contributed by atoms with Crippen LogP contribution in [0.15, 0.2) is 24.3 Å². The molecule has 1 heterocycles. The summed E-state index contributed by atoms with van der Waals surface area (Å²) in [4.78, 5) is 25.3. The Bertz CT molecular complexity index is 649. The van der Waals surface area contributed by atoms with Gasteiger partial charge < -0.3 is 11.1 Å². The Hall–Kier alpha value is -2.09. The molecule has 1 aliphatic rings. The number of carbonyl (C=O) groups excluding carboxylic acids is 2. The van der Waals surface area contributed by atoms with Gasteiger partial charge in [-0.2, -0.15) is 13.2 Å². The lowest BCUT2D eigenvalue weighted by Crippen LogP contribution is -2.47. The van der Waals surface area contributed by atoms with Gasteiger partial charge in [-0.25, -0.2) is 0 Å². The molecule has 8 heteroatoms. The summed E-state index contributed by atoms with van der Waals surface area (Å²) in [6.07, 6.45) is -1.73. The fourth-order valence-corrected chi connectivity index (χ4v) is 3.27. The Morgan fingerprint density at radius 1 is 1.35 bits per heavy atom. The number of hydrogen-bond donors (Lipinski definition) is 2. The number of para-hydroxylation sites is 1. The van der Waals surface area contributed by atoms with E-state index in [2.05, 4.69) is 5.32 Å². The van der Waals surface area contributed by atoms with Crippen molar-refractivity contribution in [3.05, 3.63) is 29.8 Å². The Labute approximate surface area is 150 Å². The smallest absolute Gasteiger partial charge is 0.370 e. The molecule has 2 amide bonds. The molecule has 0 spiro atoms. The van der Waals surface area contributed by atoms with Crippen molar-refractivity contribution in [2.75, 3.05) is 18.4 Å². The molecule has 0 saturated carbocycles. The van der Waals surface area contributed by atoms with Crippen LogP contribution in [0.5, 0.6) is 0 Å². The summed E-state index contributed by atoms with van der Waals surface area (Å²) in [6.45, 7) is 3.01. The second-order valence-corrected chi connectivity index (χ2v) is 6.72. The molecule has 1 aromatic rings. The molecule has 5 nitrogen and oxygen atoms in total. The average Bonchev–Trinajstić information content (AvgIpc) is 2.59. The molecule has 0 bridgehead atoms. The Morgan fingerprint density at radius 3 is 2.69 bits per heavy atom. The molecule has 0 aromatic heterocycles. The highest BCUT2D eigenvalue weighted by Crippen LogP contribution is 2.34. The quantitative estimate of drug-likeness (QED) is 0.807. The minimum Gasteiger partial charge on any atom is -0.370 e. The number of primary amides is 1. The summed E-state index contributed by atoms with van der Waals surface area (Å²) in [5, 5.41) is 2.40. The van der Waals surface area contributed by atoms with E-state index in [0.29, 0.717) is 25.9 Å². The van der Waals surface area contributed by atoms with Gasteiger partial charge in [-0.05, 0) is 50.8 Å². The molecule has 26 heavy (non-hydrogen) atoms. The number of halogens is 3. The molecule has 1 aromatic carbocycles. The van der Waals surface area contributed by atoms with Crippen molar-refractivity contribution in [3.8, 4) is 0 Å². The predicted molar refractivity (Wildman–Crippen MR) is 92.3 cm³/mol. The summed E-state index contributed by atoms with van der Waals surface area (Å²) in [5.41, 5.74) is 4.08. The molecule has 2 unspecified atom stereocenters. The van der Waals surface area contributed by atoms with E-state index in [-0.39, 0.29) is 17.5 Å². The van der Waals surface area contributed by atoms with Crippen molar-refractivity contribution in [1.82, 2.24) is 4.90 Å². The Kier molecular flexibility index (Phi) is 6.63. The van der Waals surface area contributed by atoms with E-state index in [0.717, 1.165) is 18.9 Å². The fourth-order valence-electron chi connectivity index (χ4n) is 3.27. The monoisotopic (exact) mass is 371 g/mol. The SMILES string of the molecule is CC(C(=O)Nc1ccccc1C(F)(F)F)N1CCCC(CCC(N)=O)C1. The van der Waals surface area contributed by atoms with Crippen molar-refractivity contribution in [2.24, 2.45) is 11.7 Å². The third-order valence-electron chi connectivity index (χ3n) is 4.77. The molecule has 2 rings (SSSR count). The van der Waals surface area contributed by atoms with Crippen molar-refractivity contribution < 1.29 is 22.8 Å². The maximum atomic E-state index is 13.1. The first-order chi connectivity index (χ1) is 12.2. The molecule has 1 aliphatic heterocycles. The van der Waals surface area contributed by atoms with Crippen LogP contribution in [0.1, 0.15) is 38.2 Å². The predicted octanol–water partition coefficient (Wildman–Crippen LogP) is 3.01. The van der Waals surface area contributed by atoms with E-state index in [1.54, 1.807) is 6.92 Å². The maximum absolute atomic E-state index is 13.1. The zero-order chi connectivity index (χ0) is 19.3. The lowest BCUT2D eigenvalue weighted by Gasteiger charge is -2.36. The maximum Gasteiger partial charge on any atom is 0.418 e. The molecule has 2 atom stereocenters. The number of amides is 2. The Morgan fingerprint density at radius 2 is 2.04 bits per heavy atom. The van der Waals surface area contributed by atoms with Crippen LogP contribution in [0.4, 0.5) is 18.9 Å². The number of nitrogens with two attached hydrogens (primary N) is 1. The van der Waals surface area contributed by atoms with Gasteiger partial charge in [0.2, 0.25) is 11.8 Å². The summed E-state index contributed by atoms with van der Waals surface area (Å²) in [5.74, 6) is -0.567. The van der Waals surface area contributed by atoms with Gasteiger partial charge in [0.05, 0.1) is 17.3 Å². The minimum atomic E-state index is -4.53. The van der Waals surface area contributed by atoms with Crippen LogP contribution < -0.4 is 11.1 Å². The third kappa shape index (κ3) is 5.45. The van der Waals surface area contributed by atoms with Crippen molar-refractivity contribution in [1.29, 1.82) is 0 Å². The highest BCUT2D eigenvalue weighted by atomic mass is 19.4. The number of benzene rings is 1. The molecule has 1 saturated heterocycles. The zero-order valence-corrected chi connectivity index (χ0v) is 14.7. The van der Waals surface area contributed by atoms with Crippen LogP contribution in [-0.4, -0.2) is 35.8 Å². The van der Waals surface area contributed by atoms with Gasteiger partial charge in [0.15, 0.2) is 0 Å². The van der Waals surface area contributed by atoms with Crippen molar-refractivity contribution in [2.45, 2.75) is 44.8 Å². The van der Waals surface area contributed by atoms with E-state index in [4.69, 9.17) is 5.73 Å². The number of carbonyl (C=O) groups is 2. The average molecular weight is 371 g/mol. The summed E-state index contributed by atoms with van der Waals surface area (Å²) < 4.78 is 39.2. The van der Waals surface area contributed by atoms with Crippen LogP contribution in [0.3, 0.4) is 0 Å². The highest BCUT2D eigenvalue weighted by Gasteiger charge is 2.34. The Balaban J connectivity index is 2.00. The lowest BCUT2D eigenvalue weighted by atomic mass is 9.92. The van der Waals surface area contributed by atoms with E-state index in [9.17, 15) is 22.8 Å². The van der Waals surface area contributed by atoms with Crippen molar-refractivity contribution >= 4 is 17.5 Å². The second-order valence-electron chi connectivity index (χ2n) is 6.72. The van der Waals surface area contributed by atoms with E-state index in [1.165, 1.54) is 18.2 Å². The molecular weight excluding hydrogens is 347 g/mol. The number of rotatable bonds is 6. The summed E-state index contributed by atoms with van der Waals surface area (Å²) in [7, 11) is 0. The largest absolute Gasteiger partial charge is 0.418 e. The number of piperidine rings is 1. The molecule has 0 radical (unpaired) electrons. The number of alkyl halides is 3. The first-order valence-electron chi connectivity index (χ1n) is 8.68. The zero-order valence-electron chi connectivity index (χ0n) is 14.7. The number of nitrogens with one attached hydrogen (secondary N) is 1. The van der Waals surface area contributed by atoms with Gasteiger partial charge in [0.25, 0.3) is 0 Å². The standard InChI is InChI=1S/C18H24F3N3O2/c1-12(24-10-4-5-13(11-24)8-9-16(22)25)17(26)23-15-7-3-2-6-14(15)18(19,20)21/h2-3,6-7,12-13H,4-5,8-11H2,1H3,(H2,22,25)(H,23,26). The third-order valence-corrected chi connectivity index (χ3v) is 4.77. The fraction of sp³-hybridized carbons (Fsp3) is 0.556. The molecule has 1 fully saturated rings. The van der Waals surface area contributed by atoms with E-state index in [1.807, 2.05) is 4.90 Å². The molecule has 0 aliphatic carbocycles. The van der Waals surface area contributed by atoms with E-state index < -0.39 is 23.7 Å². The minimum absolute atomic E-state index is 0.237. The van der Waals surface area contributed by atoms with Crippen LogP contribution in [0, 0.1) is 5.92 Å². The van der Waals surface area contributed by atoms with Gasteiger partial charge in [-0.3, -0.25) is 14.5 Å². The van der Waals surface area contributed by atoms with Gasteiger partial charge >= 0.3 is 6.18 Å². The van der Waals surface area contributed by atoms with E-state index >= 15 is 0 Å². The first kappa shape index (κ1) is 20.2. The number of anilines is 1. The number of likely N-dealkylation sites (tertiary alicyclic amines) is 1. The van der Waals surface area contributed by atoms with Crippen molar-refractivity contribution in [3.63, 3.8) is 0 Å². The topological polar surface area (TPSA) is 75.4 Å². The van der Waals surface area contributed by atoms with Gasteiger partial charge in [0.1, 0.15) is 0 Å². The first-order valence-corrected chi connectivity index (χ1v) is 8.68. The lowest BCUT2D eigenvalue weighted by molar-refractivity contribution is -0.137. The number of nitrogens with zero attached hydrogens (tertiary/aromatic N) is 1. The summed E-state index contributed by atoms with van der Waals surface area (Å²) in [6, 6.07) is 4.37. The van der Waals surface area contributed by atoms with Gasteiger partial charge in [-0.15, -0.1) is 0 Å². The second kappa shape index (κ2) is 8.53. The van der Waals surface area contributed by atoms with Crippen LogP contribution in [0.25, 0.3) is 0 Å². The van der Waals surface area contributed by atoms with Crippen LogP contribution >= 0.6 is 0 Å². The number of hydrogen-bond acceptors (Lipinski definition) is 3. The normalized spacial score (nSPS) is 19.8. The molecular formula is C18H24F3N3O2. The molecule has 3 N–H and O–H groups in total.